The van der Waals surface area contributed by atoms with E-state index in [1.807, 2.05) is 47.4 Å². The summed E-state index contributed by atoms with van der Waals surface area (Å²) in [5.41, 5.74) is 2.54. The molecule has 2 heterocycles. The Hall–Kier alpha value is -2.51. The van der Waals surface area contributed by atoms with Crippen molar-refractivity contribution < 1.29 is 4.79 Å². The summed E-state index contributed by atoms with van der Waals surface area (Å²) in [5.74, 6) is 0.0361. The van der Waals surface area contributed by atoms with Crippen molar-refractivity contribution in [1.82, 2.24) is 4.57 Å². The maximum Gasteiger partial charge on any atom is 0.271 e. The van der Waals surface area contributed by atoms with Crippen molar-refractivity contribution >= 4 is 44.8 Å². The smallest absolute Gasteiger partial charge is 0.271 e. The molecule has 1 aliphatic heterocycles. The molecule has 0 atom stereocenters. The van der Waals surface area contributed by atoms with Gasteiger partial charge in [-0.2, -0.15) is 0 Å². The lowest BCUT2D eigenvalue weighted by atomic mass is 10.1. The summed E-state index contributed by atoms with van der Waals surface area (Å²) in [5, 5.41) is 0. The van der Waals surface area contributed by atoms with E-state index in [0.29, 0.717) is 23.4 Å². The predicted octanol–water partition coefficient (Wildman–Crippen LogP) is 2.76. The molecule has 0 amide bonds. The summed E-state index contributed by atoms with van der Waals surface area (Å²) < 4.78 is 3.33. The Morgan fingerprint density at radius 3 is 2.70 bits per heavy atom. The summed E-state index contributed by atoms with van der Waals surface area (Å²) in [4.78, 5) is 31.6. The van der Waals surface area contributed by atoms with Gasteiger partial charge in [0, 0.05) is 15.7 Å². The number of carbonyl (C=O) groups excluding carboxylic acids is 1. The maximum atomic E-state index is 12.8. The second-order valence-corrected chi connectivity index (χ2v) is 8.19. The zero-order valence-corrected chi connectivity index (χ0v) is 17.0. The number of fused-ring (bicyclic) bond motifs is 1. The van der Waals surface area contributed by atoms with Gasteiger partial charge in [0.15, 0.2) is 10.6 Å². The van der Waals surface area contributed by atoms with Crippen molar-refractivity contribution in [3.05, 3.63) is 83.8 Å². The van der Waals surface area contributed by atoms with Gasteiger partial charge in [0.2, 0.25) is 0 Å². The van der Waals surface area contributed by atoms with Gasteiger partial charge in [0.25, 0.3) is 5.56 Å². The van der Waals surface area contributed by atoms with E-state index in [1.165, 1.54) is 11.3 Å². The molecule has 0 N–H and O–H groups in total. The number of anilines is 1. The van der Waals surface area contributed by atoms with Crippen LogP contribution in [0.15, 0.2) is 62.8 Å². The predicted molar refractivity (Wildman–Crippen MR) is 111 cm³/mol. The van der Waals surface area contributed by atoms with Crippen molar-refractivity contribution in [3.63, 3.8) is 0 Å². The van der Waals surface area contributed by atoms with E-state index in [2.05, 4.69) is 20.9 Å². The van der Waals surface area contributed by atoms with Crippen molar-refractivity contribution in [2.75, 3.05) is 11.6 Å². The summed E-state index contributed by atoms with van der Waals surface area (Å²) in [6, 6.07) is 15.2. The largest absolute Gasteiger partial charge is 0.334 e. The fourth-order valence-electron chi connectivity index (χ4n) is 2.93. The van der Waals surface area contributed by atoms with Crippen molar-refractivity contribution in [2.45, 2.75) is 13.6 Å². The normalized spacial score (nSPS) is 14.0. The van der Waals surface area contributed by atoms with E-state index in [9.17, 15) is 9.59 Å². The highest BCUT2D eigenvalue weighted by Gasteiger charge is 2.16. The van der Waals surface area contributed by atoms with Crippen LogP contribution >= 0.6 is 27.3 Å². The summed E-state index contributed by atoms with van der Waals surface area (Å²) in [6.45, 7) is 2.47. The van der Waals surface area contributed by atoms with Gasteiger partial charge in [-0.1, -0.05) is 39.4 Å². The molecule has 27 heavy (non-hydrogen) atoms. The van der Waals surface area contributed by atoms with E-state index in [-0.39, 0.29) is 11.3 Å². The Kier molecular flexibility index (Phi) is 4.80. The maximum absolute atomic E-state index is 12.8. The molecule has 0 bridgehead atoms. The van der Waals surface area contributed by atoms with Crippen molar-refractivity contribution in [1.29, 1.82) is 0 Å². The Morgan fingerprint density at radius 1 is 1.22 bits per heavy atom. The Morgan fingerprint density at radius 2 is 2.00 bits per heavy atom. The van der Waals surface area contributed by atoms with Gasteiger partial charge in [-0.25, -0.2) is 4.99 Å². The fourth-order valence-corrected chi connectivity index (χ4v) is 4.31. The van der Waals surface area contributed by atoms with Crippen LogP contribution in [-0.4, -0.2) is 17.0 Å². The van der Waals surface area contributed by atoms with Crippen LogP contribution in [-0.2, 0) is 6.67 Å². The minimum atomic E-state index is -0.0382. The fraction of sp³-hybridized carbons (Fsp3) is 0.150. The van der Waals surface area contributed by atoms with Crippen LogP contribution in [0.1, 0.15) is 22.8 Å². The number of benzene rings is 2. The van der Waals surface area contributed by atoms with E-state index in [0.717, 1.165) is 20.5 Å². The van der Waals surface area contributed by atoms with E-state index in [4.69, 9.17) is 0 Å². The first-order chi connectivity index (χ1) is 13.0. The minimum Gasteiger partial charge on any atom is -0.334 e. The lowest BCUT2D eigenvalue weighted by Crippen LogP contribution is -2.42. The molecule has 2 aromatic carbocycles. The zero-order valence-electron chi connectivity index (χ0n) is 14.6. The molecule has 0 saturated carbocycles. The molecule has 0 aliphatic carbocycles. The first kappa shape index (κ1) is 17.9. The van der Waals surface area contributed by atoms with E-state index in [1.54, 1.807) is 23.6 Å². The number of nitrogens with zero attached hydrogens (tertiary/aromatic N) is 3. The third kappa shape index (κ3) is 3.65. The van der Waals surface area contributed by atoms with Gasteiger partial charge in [-0.05, 0) is 55.0 Å². The van der Waals surface area contributed by atoms with Crippen LogP contribution < -0.4 is 19.8 Å². The van der Waals surface area contributed by atoms with Crippen LogP contribution in [0.5, 0.6) is 0 Å². The molecule has 136 valence electrons. The number of hydrogen-bond acceptors (Lipinski definition) is 5. The van der Waals surface area contributed by atoms with E-state index < -0.39 is 0 Å². The topological polar surface area (TPSA) is 54.7 Å². The van der Waals surface area contributed by atoms with Crippen LogP contribution in [0, 0.1) is 0 Å². The van der Waals surface area contributed by atoms with Crippen LogP contribution in [0.4, 0.5) is 5.69 Å². The molecule has 0 radical (unpaired) electrons. The summed E-state index contributed by atoms with van der Waals surface area (Å²) in [7, 11) is 0. The van der Waals surface area contributed by atoms with Gasteiger partial charge >= 0.3 is 0 Å². The Labute approximate surface area is 168 Å². The lowest BCUT2D eigenvalue weighted by molar-refractivity contribution is 0.101. The van der Waals surface area contributed by atoms with Crippen molar-refractivity contribution in [2.24, 2.45) is 4.99 Å². The summed E-state index contributed by atoms with van der Waals surface area (Å²) in [6.07, 6.45) is 1.89. The minimum absolute atomic E-state index is 0.0361. The highest BCUT2D eigenvalue weighted by atomic mass is 79.9. The lowest BCUT2D eigenvalue weighted by Gasteiger charge is -2.25. The molecule has 1 aliphatic rings. The van der Waals surface area contributed by atoms with E-state index >= 15 is 0 Å². The molecule has 3 aromatic rings. The molecule has 7 heteroatoms. The average Bonchev–Trinajstić information content (AvgIpc) is 2.97. The molecule has 0 unspecified atom stereocenters. The average molecular weight is 442 g/mol. The molecule has 0 saturated heterocycles. The molecule has 0 fully saturated rings. The van der Waals surface area contributed by atoms with Gasteiger partial charge in [0.05, 0.1) is 4.53 Å². The molecule has 5 nitrogen and oxygen atoms in total. The van der Waals surface area contributed by atoms with Crippen molar-refractivity contribution in [3.8, 4) is 0 Å². The second-order valence-electron chi connectivity index (χ2n) is 6.27. The molecule has 4 rings (SSSR count). The highest BCUT2D eigenvalue weighted by Crippen LogP contribution is 2.17. The van der Waals surface area contributed by atoms with Gasteiger partial charge in [0.1, 0.15) is 13.3 Å². The second kappa shape index (κ2) is 7.25. The quantitative estimate of drug-likeness (QED) is 0.587. The SMILES string of the molecule is CC(=O)c1ccc(N2CN=c3s/c(=C\c4cccc(Br)c4)c(=O)n3C2)cc1. The Bertz CT molecular complexity index is 1200. The van der Waals surface area contributed by atoms with Crippen LogP contribution in [0.2, 0.25) is 0 Å². The Balaban J connectivity index is 1.67. The number of Topliss-reactive ketones (excluding diaryl/α,β-unsaturated/α-hetero) is 1. The van der Waals surface area contributed by atoms with Gasteiger partial charge < -0.3 is 4.90 Å². The van der Waals surface area contributed by atoms with Crippen LogP contribution in [0.3, 0.4) is 0 Å². The zero-order chi connectivity index (χ0) is 19.0. The number of rotatable bonds is 3. The van der Waals surface area contributed by atoms with Gasteiger partial charge in [-0.3, -0.25) is 14.2 Å². The van der Waals surface area contributed by atoms with Crippen LogP contribution in [0.25, 0.3) is 6.08 Å². The first-order valence-electron chi connectivity index (χ1n) is 8.38. The molecular weight excluding hydrogens is 426 g/mol. The highest BCUT2D eigenvalue weighted by molar-refractivity contribution is 9.10. The third-order valence-electron chi connectivity index (χ3n) is 4.36. The third-order valence-corrected chi connectivity index (χ3v) is 5.90. The molecule has 1 aromatic heterocycles. The first-order valence-corrected chi connectivity index (χ1v) is 9.99. The number of halogens is 1. The monoisotopic (exact) mass is 441 g/mol. The van der Waals surface area contributed by atoms with Gasteiger partial charge in [-0.15, -0.1) is 0 Å². The standard InChI is InChI=1S/C20H16BrN3O2S/c1-13(25)15-5-7-17(8-6-15)23-11-22-20-24(12-23)19(26)18(27-20)10-14-3-2-4-16(21)9-14/h2-10H,11-12H2,1H3/b18-10-. The number of ketones is 1. The number of hydrogen-bond donors (Lipinski definition) is 0. The number of carbonyl (C=O) groups is 1. The number of aromatic nitrogens is 1. The molecule has 0 spiro atoms. The summed E-state index contributed by atoms with van der Waals surface area (Å²) >= 11 is 4.86. The molecular formula is C20H16BrN3O2S. The number of thiazole rings is 1.